The summed E-state index contributed by atoms with van der Waals surface area (Å²) in [6, 6.07) is 6.86. The average Bonchev–Trinajstić information content (AvgIpc) is 2.33. The van der Waals surface area contributed by atoms with Crippen molar-refractivity contribution < 1.29 is 18.8 Å². The van der Waals surface area contributed by atoms with E-state index < -0.39 is 13.0 Å². The predicted molar refractivity (Wildman–Crippen MR) is 65.7 cm³/mol. The van der Waals surface area contributed by atoms with Crippen LogP contribution in [0.25, 0.3) is 0 Å². The van der Waals surface area contributed by atoms with E-state index in [2.05, 4.69) is 0 Å². The molecule has 0 bridgehead atoms. The lowest BCUT2D eigenvalue weighted by Crippen LogP contribution is -2.38. The second-order valence-corrected chi connectivity index (χ2v) is 4.75. The summed E-state index contributed by atoms with van der Waals surface area (Å²) >= 11 is 0. The zero-order chi connectivity index (χ0) is 13.2. The van der Waals surface area contributed by atoms with Crippen molar-refractivity contribution >= 4 is 12.6 Å². The minimum absolute atomic E-state index is 0.0829. The Balaban J connectivity index is 1.90. The van der Waals surface area contributed by atoms with Crippen LogP contribution in [0.4, 0.5) is 8.78 Å². The number of benzene rings is 1. The van der Waals surface area contributed by atoms with E-state index >= 15 is 0 Å². The molecule has 0 aromatic heterocycles. The third-order valence-corrected chi connectivity index (χ3v) is 3.27. The first kappa shape index (κ1) is 13.5. The van der Waals surface area contributed by atoms with Gasteiger partial charge in [-0.15, -0.1) is 0 Å². The molecule has 2 N–H and O–H groups in total. The smallest absolute Gasteiger partial charge is 0.423 e. The summed E-state index contributed by atoms with van der Waals surface area (Å²) in [5.74, 6) is -2.51. The molecule has 1 heterocycles. The second-order valence-electron chi connectivity index (χ2n) is 4.75. The SMILES string of the molecule is OB(O)c1ccc(CN2CCC(F)(F)CC2)cc1. The van der Waals surface area contributed by atoms with Gasteiger partial charge in [-0.05, 0) is 11.0 Å². The zero-order valence-corrected chi connectivity index (χ0v) is 10.0. The molecule has 1 aliphatic rings. The summed E-state index contributed by atoms with van der Waals surface area (Å²) in [6.45, 7) is 1.42. The molecule has 1 aliphatic heterocycles. The number of nitrogens with zero attached hydrogens (tertiary/aromatic N) is 1. The Kier molecular flexibility index (Phi) is 3.99. The number of alkyl halides is 2. The first-order valence-electron chi connectivity index (χ1n) is 6.01. The monoisotopic (exact) mass is 255 g/mol. The molecule has 6 heteroatoms. The molecule has 0 amide bonds. The molecule has 18 heavy (non-hydrogen) atoms. The van der Waals surface area contributed by atoms with Crippen LogP contribution in [0.15, 0.2) is 24.3 Å². The van der Waals surface area contributed by atoms with Crippen LogP contribution < -0.4 is 5.46 Å². The van der Waals surface area contributed by atoms with Crippen LogP contribution in [-0.2, 0) is 6.54 Å². The van der Waals surface area contributed by atoms with Crippen LogP contribution in [0.5, 0.6) is 0 Å². The highest BCUT2D eigenvalue weighted by Gasteiger charge is 2.33. The van der Waals surface area contributed by atoms with Gasteiger partial charge in [-0.25, -0.2) is 8.78 Å². The molecule has 0 saturated carbocycles. The Morgan fingerprint density at radius 2 is 1.67 bits per heavy atom. The highest BCUT2D eigenvalue weighted by atomic mass is 19.3. The molecule has 1 aromatic rings. The van der Waals surface area contributed by atoms with Crippen molar-refractivity contribution in [2.24, 2.45) is 0 Å². The van der Waals surface area contributed by atoms with Gasteiger partial charge in [0.2, 0.25) is 0 Å². The number of halogens is 2. The van der Waals surface area contributed by atoms with Gasteiger partial charge in [0.15, 0.2) is 0 Å². The maximum absolute atomic E-state index is 13.0. The lowest BCUT2D eigenvalue weighted by atomic mass is 9.80. The molecule has 1 fully saturated rings. The fraction of sp³-hybridized carbons (Fsp3) is 0.500. The van der Waals surface area contributed by atoms with Crippen molar-refractivity contribution in [2.75, 3.05) is 13.1 Å². The van der Waals surface area contributed by atoms with Gasteiger partial charge in [0.25, 0.3) is 5.92 Å². The van der Waals surface area contributed by atoms with E-state index in [1.54, 1.807) is 24.3 Å². The molecule has 0 unspecified atom stereocenters. The Morgan fingerprint density at radius 1 is 1.11 bits per heavy atom. The Labute approximate surface area is 105 Å². The van der Waals surface area contributed by atoms with E-state index in [1.807, 2.05) is 4.90 Å². The molecule has 0 radical (unpaired) electrons. The fourth-order valence-corrected chi connectivity index (χ4v) is 2.09. The number of rotatable bonds is 3. The van der Waals surface area contributed by atoms with Gasteiger partial charge in [-0.1, -0.05) is 24.3 Å². The Bertz CT molecular complexity index is 388. The first-order chi connectivity index (χ1) is 8.46. The quantitative estimate of drug-likeness (QED) is 0.777. The molecular weight excluding hydrogens is 239 g/mol. The van der Waals surface area contributed by atoms with Gasteiger partial charge in [0, 0.05) is 32.5 Å². The molecular formula is C12H16BF2NO2. The number of hydrogen-bond donors (Lipinski definition) is 2. The van der Waals surface area contributed by atoms with Crippen molar-refractivity contribution in [2.45, 2.75) is 25.3 Å². The normalized spacial score (nSPS) is 19.8. The average molecular weight is 255 g/mol. The summed E-state index contributed by atoms with van der Waals surface area (Å²) in [5.41, 5.74) is 1.42. The molecule has 2 rings (SSSR count). The minimum atomic E-state index is -2.51. The van der Waals surface area contributed by atoms with E-state index in [-0.39, 0.29) is 12.8 Å². The Morgan fingerprint density at radius 3 is 2.17 bits per heavy atom. The molecule has 1 aromatic carbocycles. The highest BCUT2D eigenvalue weighted by molar-refractivity contribution is 6.58. The molecule has 98 valence electrons. The van der Waals surface area contributed by atoms with Crippen LogP contribution in [-0.4, -0.2) is 41.1 Å². The molecule has 3 nitrogen and oxygen atoms in total. The number of piperidine rings is 1. The van der Waals surface area contributed by atoms with Gasteiger partial charge in [0.1, 0.15) is 0 Å². The van der Waals surface area contributed by atoms with Crippen LogP contribution in [0.3, 0.4) is 0 Å². The van der Waals surface area contributed by atoms with Crippen molar-refractivity contribution in [3.05, 3.63) is 29.8 Å². The zero-order valence-electron chi connectivity index (χ0n) is 10.0. The van der Waals surface area contributed by atoms with Gasteiger partial charge >= 0.3 is 7.12 Å². The van der Waals surface area contributed by atoms with Crippen LogP contribution in [0.2, 0.25) is 0 Å². The lowest BCUT2D eigenvalue weighted by Gasteiger charge is -2.31. The van der Waals surface area contributed by atoms with Crippen molar-refractivity contribution in [3.63, 3.8) is 0 Å². The Hall–Kier alpha value is -0.975. The van der Waals surface area contributed by atoms with Crippen molar-refractivity contribution in [1.82, 2.24) is 4.90 Å². The third-order valence-electron chi connectivity index (χ3n) is 3.27. The second kappa shape index (κ2) is 5.34. The van der Waals surface area contributed by atoms with E-state index in [0.717, 1.165) is 5.56 Å². The van der Waals surface area contributed by atoms with E-state index in [0.29, 0.717) is 25.1 Å². The van der Waals surface area contributed by atoms with Gasteiger partial charge in [-0.3, -0.25) is 4.90 Å². The lowest BCUT2D eigenvalue weighted by molar-refractivity contribution is -0.0566. The first-order valence-corrected chi connectivity index (χ1v) is 6.01. The molecule has 0 aliphatic carbocycles. The maximum Gasteiger partial charge on any atom is 0.488 e. The molecule has 0 spiro atoms. The van der Waals surface area contributed by atoms with Crippen molar-refractivity contribution in [3.8, 4) is 0 Å². The van der Waals surface area contributed by atoms with Crippen LogP contribution in [0, 0.1) is 0 Å². The van der Waals surface area contributed by atoms with Crippen LogP contribution >= 0.6 is 0 Å². The minimum Gasteiger partial charge on any atom is -0.423 e. The van der Waals surface area contributed by atoms with E-state index in [9.17, 15) is 8.78 Å². The molecule has 0 atom stereocenters. The maximum atomic E-state index is 13.0. The number of likely N-dealkylation sites (tertiary alicyclic amines) is 1. The topological polar surface area (TPSA) is 43.7 Å². The van der Waals surface area contributed by atoms with Crippen molar-refractivity contribution in [1.29, 1.82) is 0 Å². The summed E-state index contributed by atoms with van der Waals surface area (Å²) < 4.78 is 26.0. The van der Waals surface area contributed by atoms with Crippen LogP contribution in [0.1, 0.15) is 18.4 Å². The fourth-order valence-electron chi connectivity index (χ4n) is 2.09. The van der Waals surface area contributed by atoms with Gasteiger partial charge < -0.3 is 10.0 Å². The van der Waals surface area contributed by atoms with E-state index in [4.69, 9.17) is 10.0 Å². The third kappa shape index (κ3) is 3.51. The predicted octanol–water partition coefficient (Wildman–Crippen LogP) is 0.597. The van der Waals surface area contributed by atoms with E-state index in [1.165, 1.54) is 0 Å². The number of hydrogen-bond acceptors (Lipinski definition) is 3. The largest absolute Gasteiger partial charge is 0.488 e. The standard InChI is InChI=1S/C12H16BF2NO2/c14-12(15)5-7-16(8-6-12)9-10-1-3-11(4-2-10)13(17)18/h1-4,17-18H,5-9H2. The van der Waals surface area contributed by atoms with Gasteiger partial charge in [0.05, 0.1) is 0 Å². The molecule has 1 saturated heterocycles. The summed E-state index contributed by atoms with van der Waals surface area (Å²) in [6.07, 6.45) is -0.166. The summed E-state index contributed by atoms with van der Waals surface area (Å²) in [7, 11) is -1.47. The highest BCUT2D eigenvalue weighted by Crippen LogP contribution is 2.28. The summed E-state index contributed by atoms with van der Waals surface area (Å²) in [5, 5.41) is 17.9. The summed E-state index contributed by atoms with van der Waals surface area (Å²) in [4.78, 5) is 1.99. The van der Waals surface area contributed by atoms with Gasteiger partial charge in [-0.2, -0.15) is 0 Å².